The normalized spacial score (nSPS) is 19.9. The van der Waals surface area contributed by atoms with Gasteiger partial charge in [0.1, 0.15) is 5.76 Å². The molecule has 5 nitrogen and oxygen atoms in total. The summed E-state index contributed by atoms with van der Waals surface area (Å²) in [5, 5.41) is 4.00. The lowest BCUT2D eigenvalue weighted by atomic mass is 9.78. The molecule has 1 spiro atoms. The minimum absolute atomic E-state index is 0.126. The maximum atomic E-state index is 13.1. The number of carbonyl (C=O) groups is 1. The Morgan fingerprint density at radius 2 is 1.86 bits per heavy atom. The smallest absolute Gasteiger partial charge is 0.227 e. The average Bonchev–Trinajstić information content (AvgIpc) is 3.03. The molecule has 1 aliphatic heterocycles. The van der Waals surface area contributed by atoms with Crippen LogP contribution in [0.3, 0.4) is 0 Å². The van der Waals surface area contributed by atoms with Gasteiger partial charge in [-0.15, -0.1) is 0 Å². The fourth-order valence-electron chi connectivity index (χ4n) is 4.98. The summed E-state index contributed by atoms with van der Waals surface area (Å²) >= 11 is 0. The van der Waals surface area contributed by atoms with Crippen LogP contribution in [-0.4, -0.2) is 46.0 Å². The zero-order chi connectivity index (χ0) is 19.6. The van der Waals surface area contributed by atoms with Crippen LogP contribution < -0.4 is 0 Å². The Morgan fingerprint density at radius 3 is 2.54 bits per heavy atom. The molecule has 1 aliphatic carbocycles. The first kappa shape index (κ1) is 19.2. The number of aryl methyl sites for hydroxylation is 2. The highest BCUT2D eigenvalue weighted by Crippen LogP contribution is 2.37. The molecular formula is C23H31N3O2. The molecular weight excluding hydrogens is 350 g/mol. The van der Waals surface area contributed by atoms with Gasteiger partial charge in [0.05, 0.1) is 12.1 Å². The van der Waals surface area contributed by atoms with Crippen molar-refractivity contribution in [3.05, 3.63) is 52.9 Å². The van der Waals surface area contributed by atoms with E-state index in [-0.39, 0.29) is 11.4 Å². The fraction of sp³-hybridized carbons (Fsp3) is 0.565. The maximum Gasteiger partial charge on any atom is 0.227 e. The molecule has 2 heterocycles. The van der Waals surface area contributed by atoms with Crippen LogP contribution in [0.5, 0.6) is 0 Å². The number of amides is 1. The number of hydrogen-bond acceptors (Lipinski definition) is 4. The van der Waals surface area contributed by atoms with Crippen LogP contribution >= 0.6 is 0 Å². The summed E-state index contributed by atoms with van der Waals surface area (Å²) in [6.07, 6.45) is 6.61. The van der Waals surface area contributed by atoms with Crippen molar-refractivity contribution in [1.82, 2.24) is 15.0 Å². The van der Waals surface area contributed by atoms with Gasteiger partial charge >= 0.3 is 0 Å². The molecule has 150 valence electrons. The Bertz CT molecular complexity index is 789. The van der Waals surface area contributed by atoms with Crippen molar-refractivity contribution < 1.29 is 9.32 Å². The molecule has 28 heavy (non-hydrogen) atoms. The summed E-state index contributed by atoms with van der Waals surface area (Å²) in [6, 6.07) is 10.7. The van der Waals surface area contributed by atoms with Gasteiger partial charge in [-0.3, -0.25) is 9.69 Å². The summed E-state index contributed by atoms with van der Waals surface area (Å²) in [6.45, 7) is 7.39. The van der Waals surface area contributed by atoms with Gasteiger partial charge in [0.25, 0.3) is 0 Å². The van der Waals surface area contributed by atoms with Crippen molar-refractivity contribution in [3.63, 3.8) is 0 Å². The van der Waals surface area contributed by atoms with Gasteiger partial charge in [0, 0.05) is 37.3 Å². The van der Waals surface area contributed by atoms with Crippen LogP contribution in [0, 0.1) is 13.8 Å². The molecule has 1 amide bonds. The van der Waals surface area contributed by atoms with Gasteiger partial charge in [0.15, 0.2) is 0 Å². The zero-order valence-corrected chi connectivity index (χ0v) is 17.1. The summed E-state index contributed by atoms with van der Waals surface area (Å²) in [7, 11) is 0. The molecule has 2 aliphatic rings. The summed E-state index contributed by atoms with van der Waals surface area (Å²) in [5.41, 5.74) is 3.28. The summed E-state index contributed by atoms with van der Waals surface area (Å²) < 4.78 is 5.25. The topological polar surface area (TPSA) is 49.6 Å². The Morgan fingerprint density at radius 1 is 1.11 bits per heavy atom. The lowest BCUT2D eigenvalue weighted by Gasteiger charge is -2.53. The molecule has 2 aromatic rings. The highest BCUT2D eigenvalue weighted by molar-refractivity contribution is 5.79. The largest absolute Gasteiger partial charge is 0.361 e. The molecule has 0 unspecified atom stereocenters. The summed E-state index contributed by atoms with van der Waals surface area (Å²) in [5.74, 6) is 0.972. The third-order valence-electron chi connectivity index (χ3n) is 6.66. The zero-order valence-electron chi connectivity index (χ0n) is 17.1. The predicted octanol–water partition coefficient (Wildman–Crippen LogP) is 3.88. The van der Waals surface area contributed by atoms with Crippen molar-refractivity contribution in [3.8, 4) is 0 Å². The van der Waals surface area contributed by atoms with E-state index in [0.29, 0.717) is 6.42 Å². The third-order valence-corrected chi connectivity index (χ3v) is 6.66. The second kappa shape index (κ2) is 8.08. The second-order valence-corrected chi connectivity index (χ2v) is 8.49. The number of piperazine rings is 1. The van der Waals surface area contributed by atoms with E-state index in [1.165, 1.54) is 37.7 Å². The first-order valence-electron chi connectivity index (χ1n) is 10.6. The van der Waals surface area contributed by atoms with Gasteiger partial charge in [0.2, 0.25) is 5.91 Å². The van der Waals surface area contributed by atoms with Crippen LogP contribution in [0.4, 0.5) is 0 Å². The quantitative estimate of drug-likeness (QED) is 0.806. The summed E-state index contributed by atoms with van der Waals surface area (Å²) in [4.78, 5) is 17.8. The van der Waals surface area contributed by atoms with E-state index in [2.05, 4.69) is 45.3 Å². The third kappa shape index (κ3) is 3.86. The van der Waals surface area contributed by atoms with Crippen LogP contribution in [-0.2, 0) is 17.8 Å². The van der Waals surface area contributed by atoms with E-state index < -0.39 is 0 Å². The van der Waals surface area contributed by atoms with E-state index >= 15 is 0 Å². The highest BCUT2D eigenvalue weighted by Gasteiger charge is 2.43. The molecule has 2 fully saturated rings. The molecule has 0 atom stereocenters. The SMILES string of the molecule is Cc1noc(C)c1CC(=O)N1CCN(Cc2ccccc2)C2(CCCCC2)C1. The lowest BCUT2D eigenvalue weighted by Crippen LogP contribution is -2.63. The van der Waals surface area contributed by atoms with Crippen molar-refractivity contribution >= 4 is 5.91 Å². The molecule has 4 rings (SSSR count). The monoisotopic (exact) mass is 381 g/mol. The van der Waals surface area contributed by atoms with Gasteiger partial charge < -0.3 is 9.42 Å². The number of aromatic nitrogens is 1. The van der Waals surface area contributed by atoms with E-state index in [4.69, 9.17) is 4.52 Å². The van der Waals surface area contributed by atoms with Crippen LogP contribution in [0.1, 0.15) is 54.7 Å². The Kier molecular flexibility index (Phi) is 5.54. The van der Waals surface area contributed by atoms with E-state index in [1.807, 2.05) is 13.8 Å². The molecule has 1 saturated heterocycles. The first-order chi connectivity index (χ1) is 13.6. The van der Waals surface area contributed by atoms with E-state index in [9.17, 15) is 4.79 Å². The Labute approximate surface area is 167 Å². The van der Waals surface area contributed by atoms with Crippen LogP contribution in [0.25, 0.3) is 0 Å². The Balaban J connectivity index is 1.50. The van der Waals surface area contributed by atoms with Crippen LogP contribution in [0.15, 0.2) is 34.9 Å². The van der Waals surface area contributed by atoms with Crippen molar-refractivity contribution in [2.24, 2.45) is 0 Å². The molecule has 0 N–H and O–H groups in total. The predicted molar refractivity (Wildman–Crippen MR) is 109 cm³/mol. The standard InChI is InChI=1S/C23H31N3O2/c1-18-21(19(2)28-24-18)15-22(27)25-13-14-26(16-20-9-5-3-6-10-20)23(17-25)11-7-4-8-12-23/h3,5-6,9-10H,4,7-8,11-17H2,1-2H3. The number of carbonyl (C=O) groups excluding carboxylic acids is 1. The van der Waals surface area contributed by atoms with Gasteiger partial charge in [-0.1, -0.05) is 54.8 Å². The minimum atomic E-state index is 0.126. The number of rotatable bonds is 4. The number of hydrogen-bond donors (Lipinski definition) is 0. The van der Waals surface area contributed by atoms with E-state index in [1.54, 1.807) is 0 Å². The first-order valence-corrected chi connectivity index (χ1v) is 10.6. The fourth-order valence-corrected chi connectivity index (χ4v) is 4.98. The highest BCUT2D eigenvalue weighted by atomic mass is 16.5. The minimum Gasteiger partial charge on any atom is -0.361 e. The van der Waals surface area contributed by atoms with Crippen molar-refractivity contribution in [1.29, 1.82) is 0 Å². The maximum absolute atomic E-state index is 13.1. The molecule has 0 radical (unpaired) electrons. The second-order valence-electron chi connectivity index (χ2n) is 8.49. The number of benzene rings is 1. The van der Waals surface area contributed by atoms with E-state index in [0.717, 1.165) is 43.2 Å². The van der Waals surface area contributed by atoms with Gasteiger partial charge in [-0.05, 0) is 32.3 Å². The van der Waals surface area contributed by atoms with Crippen LogP contribution in [0.2, 0.25) is 0 Å². The van der Waals surface area contributed by atoms with Crippen molar-refractivity contribution in [2.75, 3.05) is 19.6 Å². The van der Waals surface area contributed by atoms with Crippen molar-refractivity contribution in [2.45, 2.75) is 64.5 Å². The average molecular weight is 382 g/mol. The molecule has 1 saturated carbocycles. The lowest BCUT2D eigenvalue weighted by molar-refractivity contribution is -0.138. The molecule has 1 aromatic carbocycles. The number of nitrogens with zero attached hydrogens (tertiary/aromatic N) is 3. The van der Waals surface area contributed by atoms with Gasteiger partial charge in [-0.2, -0.15) is 0 Å². The molecule has 1 aromatic heterocycles. The van der Waals surface area contributed by atoms with Gasteiger partial charge in [-0.25, -0.2) is 0 Å². The Hall–Kier alpha value is -2.14. The molecule has 5 heteroatoms. The molecule has 0 bridgehead atoms.